The molecule has 0 radical (unpaired) electrons. The zero-order valence-electron chi connectivity index (χ0n) is 14.7. The van der Waals surface area contributed by atoms with Crippen LogP contribution in [0.15, 0.2) is 42.7 Å². The summed E-state index contributed by atoms with van der Waals surface area (Å²) in [6, 6.07) is 9.10. The minimum atomic E-state index is -0.440. The number of benzene rings is 1. The molecule has 2 aliphatic heterocycles. The molecule has 1 fully saturated rings. The van der Waals surface area contributed by atoms with Gasteiger partial charge >= 0.3 is 0 Å². The molecule has 2 amide bonds. The normalized spacial score (nSPS) is 19.4. The first-order chi connectivity index (χ1) is 12.6. The third-order valence-electron chi connectivity index (χ3n) is 5.03. The number of piperazine rings is 1. The van der Waals surface area contributed by atoms with Crippen LogP contribution in [0.5, 0.6) is 0 Å². The van der Waals surface area contributed by atoms with Crippen molar-refractivity contribution in [3.05, 3.63) is 48.3 Å². The highest BCUT2D eigenvalue weighted by atomic mass is 16.2. The van der Waals surface area contributed by atoms with Crippen LogP contribution >= 0.6 is 0 Å². The summed E-state index contributed by atoms with van der Waals surface area (Å²) in [5.41, 5.74) is 1.91. The number of aromatic nitrogens is 2. The first-order valence-electron chi connectivity index (χ1n) is 8.83. The standard InChI is InChI=1S/C19H21N5O2/c1-14(25)24-16-6-3-2-5-15(16)13-17(24)18(26)22-9-11-23(12-10-22)19-20-7-4-8-21-19/h2-8,17H,9-13H2,1H3. The Morgan fingerprint density at radius 1 is 1.00 bits per heavy atom. The van der Waals surface area contributed by atoms with Crippen molar-refractivity contribution in [3.63, 3.8) is 0 Å². The minimum absolute atomic E-state index is 0.0185. The lowest BCUT2D eigenvalue weighted by atomic mass is 10.1. The number of fused-ring (bicyclic) bond motifs is 1. The molecule has 4 rings (SSSR count). The summed E-state index contributed by atoms with van der Waals surface area (Å²) in [4.78, 5) is 39.4. The van der Waals surface area contributed by atoms with Gasteiger partial charge in [-0.3, -0.25) is 14.5 Å². The molecular weight excluding hydrogens is 330 g/mol. The Bertz CT molecular complexity index is 818. The first-order valence-corrected chi connectivity index (χ1v) is 8.83. The average molecular weight is 351 g/mol. The highest BCUT2D eigenvalue weighted by molar-refractivity contribution is 6.02. The van der Waals surface area contributed by atoms with Gasteiger partial charge in [0.2, 0.25) is 17.8 Å². The van der Waals surface area contributed by atoms with Gasteiger partial charge in [-0.1, -0.05) is 18.2 Å². The maximum atomic E-state index is 13.1. The van der Waals surface area contributed by atoms with E-state index in [-0.39, 0.29) is 11.8 Å². The van der Waals surface area contributed by atoms with Crippen LogP contribution in [-0.2, 0) is 16.0 Å². The summed E-state index contributed by atoms with van der Waals surface area (Å²) in [5.74, 6) is 0.618. The van der Waals surface area contributed by atoms with Gasteiger partial charge in [-0.2, -0.15) is 0 Å². The fraction of sp³-hybridized carbons (Fsp3) is 0.368. The van der Waals surface area contributed by atoms with Crippen LogP contribution in [0.1, 0.15) is 12.5 Å². The molecule has 2 aromatic rings. The maximum absolute atomic E-state index is 13.1. The van der Waals surface area contributed by atoms with Gasteiger partial charge < -0.3 is 9.80 Å². The SMILES string of the molecule is CC(=O)N1c2ccccc2CC1C(=O)N1CCN(c2ncccn2)CC1. The summed E-state index contributed by atoms with van der Waals surface area (Å²) in [6.45, 7) is 4.11. The third kappa shape index (κ3) is 2.89. The molecule has 7 nitrogen and oxygen atoms in total. The molecule has 0 spiro atoms. The number of carbonyl (C=O) groups is 2. The second-order valence-corrected chi connectivity index (χ2v) is 6.60. The molecule has 1 unspecified atom stereocenters. The van der Waals surface area contributed by atoms with Crippen LogP contribution in [0, 0.1) is 0 Å². The second kappa shape index (κ2) is 6.74. The van der Waals surface area contributed by atoms with Crippen molar-refractivity contribution in [2.24, 2.45) is 0 Å². The molecule has 1 atom stereocenters. The van der Waals surface area contributed by atoms with Crippen LogP contribution in [0.25, 0.3) is 0 Å². The number of anilines is 2. The largest absolute Gasteiger partial charge is 0.337 e. The lowest BCUT2D eigenvalue weighted by molar-refractivity contribution is -0.134. The smallest absolute Gasteiger partial charge is 0.246 e. The highest BCUT2D eigenvalue weighted by Crippen LogP contribution is 2.33. The van der Waals surface area contributed by atoms with E-state index < -0.39 is 6.04 Å². The van der Waals surface area contributed by atoms with E-state index in [1.54, 1.807) is 23.4 Å². The van der Waals surface area contributed by atoms with Gasteiger partial charge in [0.15, 0.2) is 0 Å². The molecule has 1 saturated heterocycles. The van der Waals surface area contributed by atoms with E-state index in [1.165, 1.54) is 6.92 Å². The van der Waals surface area contributed by atoms with E-state index in [2.05, 4.69) is 14.9 Å². The van der Waals surface area contributed by atoms with Crippen LogP contribution < -0.4 is 9.80 Å². The molecule has 0 saturated carbocycles. The number of para-hydroxylation sites is 1. The van der Waals surface area contributed by atoms with E-state index in [1.807, 2.05) is 29.2 Å². The highest BCUT2D eigenvalue weighted by Gasteiger charge is 2.39. The van der Waals surface area contributed by atoms with Crippen molar-refractivity contribution >= 4 is 23.5 Å². The number of nitrogens with zero attached hydrogens (tertiary/aromatic N) is 5. The van der Waals surface area contributed by atoms with Crippen molar-refractivity contribution in [1.29, 1.82) is 0 Å². The summed E-state index contributed by atoms with van der Waals surface area (Å²) in [6.07, 6.45) is 4.03. The second-order valence-electron chi connectivity index (χ2n) is 6.60. The minimum Gasteiger partial charge on any atom is -0.337 e. The fourth-order valence-electron chi connectivity index (χ4n) is 3.76. The Balaban J connectivity index is 1.46. The third-order valence-corrected chi connectivity index (χ3v) is 5.03. The van der Waals surface area contributed by atoms with Crippen molar-refractivity contribution in [2.75, 3.05) is 36.0 Å². The van der Waals surface area contributed by atoms with Gasteiger partial charge in [0.1, 0.15) is 6.04 Å². The Kier molecular flexibility index (Phi) is 4.28. The van der Waals surface area contributed by atoms with Crippen molar-refractivity contribution in [1.82, 2.24) is 14.9 Å². The molecular formula is C19H21N5O2. The lowest BCUT2D eigenvalue weighted by Crippen LogP contribution is -2.55. The van der Waals surface area contributed by atoms with E-state index in [0.717, 1.165) is 11.3 Å². The van der Waals surface area contributed by atoms with Gasteiger partial charge in [-0.25, -0.2) is 9.97 Å². The Morgan fingerprint density at radius 2 is 1.69 bits per heavy atom. The average Bonchev–Trinajstić information content (AvgIpc) is 3.08. The molecule has 134 valence electrons. The number of rotatable bonds is 2. The first kappa shape index (κ1) is 16.5. The van der Waals surface area contributed by atoms with Gasteiger partial charge in [-0.15, -0.1) is 0 Å². The molecule has 26 heavy (non-hydrogen) atoms. The number of hydrogen-bond donors (Lipinski definition) is 0. The molecule has 1 aromatic heterocycles. The van der Waals surface area contributed by atoms with E-state index >= 15 is 0 Å². The lowest BCUT2D eigenvalue weighted by Gasteiger charge is -2.37. The van der Waals surface area contributed by atoms with Crippen LogP contribution in [0.3, 0.4) is 0 Å². The molecule has 0 N–H and O–H groups in total. The maximum Gasteiger partial charge on any atom is 0.246 e. The summed E-state index contributed by atoms with van der Waals surface area (Å²) in [5, 5.41) is 0. The van der Waals surface area contributed by atoms with Crippen molar-refractivity contribution < 1.29 is 9.59 Å². The summed E-state index contributed by atoms with van der Waals surface area (Å²) < 4.78 is 0. The fourth-order valence-corrected chi connectivity index (χ4v) is 3.76. The zero-order valence-corrected chi connectivity index (χ0v) is 14.7. The van der Waals surface area contributed by atoms with E-state index in [0.29, 0.717) is 38.5 Å². The monoisotopic (exact) mass is 351 g/mol. The Labute approximate surface area is 152 Å². The molecule has 2 aliphatic rings. The molecule has 0 aliphatic carbocycles. The molecule has 7 heteroatoms. The predicted octanol–water partition coefficient (Wildman–Crippen LogP) is 1.10. The van der Waals surface area contributed by atoms with Gasteiger partial charge in [-0.05, 0) is 17.7 Å². The quantitative estimate of drug-likeness (QED) is 0.810. The number of carbonyl (C=O) groups excluding carboxylic acids is 2. The van der Waals surface area contributed by atoms with E-state index in [4.69, 9.17) is 0 Å². The molecule has 1 aromatic carbocycles. The summed E-state index contributed by atoms with van der Waals surface area (Å²) >= 11 is 0. The number of hydrogen-bond acceptors (Lipinski definition) is 5. The van der Waals surface area contributed by atoms with Crippen LogP contribution in [0.2, 0.25) is 0 Å². The molecule has 3 heterocycles. The zero-order chi connectivity index (χ0) is 18.1. The Hall–Kier alpha value is -2.96. The van der Waals surface area contributed by atoms with Crippen molar-refractivity contribution in [2.45, 2.75) is 19.4 Å². The predicted molar refractivity (Wildman–Crippen MR) is 97.9 cm³/mol. The summed E-state index contributed by atoms with van der Waals surface area (Å²) in [7, 11) is 0. The number of amides is 2. The van der Waals surface area contributed by atoms with Gasteiger partial charge in [0.25, 0.3) is 0 Å². The van der Waals surface area contributed by atoms with Crippen LogP contribution in [0.4, 0.5) is 11.6 Å². The van der Waals surface area contributed by atoms with Crippen molar-refractivity contribution in [3.8, 4) is 0 Å². The topological polar surface area (TPSA) is 69.6 Å². The Morgan fingerprint density at radius 3 is 2.38 bits per heavy atom. The molecule has 0 bridgehead atoms. The van der Waals surface area contributed by atoms with Crippen LogP contribution in [-0.4, -0.2) is 58.9 Å². The van der Waals surface area contributed by atoms with Gasteiger partial charge in [0, 0.05) is 57.6 Å². The van der Waals surface area contributed by atoms with Gasteiger partial charge in [0.05, 0.1) is 0 Å². The van der Waals surface area contributed by atoms with E-state index in [9.17, 15) is 9.59 Å².